The monoisotopic (exact) mass is 162 g/mol. The van der Waals surface area contributed by atoms with E-state index in [1.807, 2.05) is 6.92 Å². The summed E-state index contributed by atoms with van der Waals surface area (Å²) in [6.07, 6.45) is 2.24. The summed E-state index contributed by atoms with van der Waals surface area (Å²) in [5, 5.41) is 8.39. The van der Waals surface area contributed by atoms with E-state index in [1.54, 1.807) is 13.0 Å². The molecule has 1 N–H and O–H groups in total. The van der Waals surface area contributed by atoms with Gasteiger partial charge in [0.05, 0.1) is 0 Å². The van der Waals surface area contributed by atoms with Crippen LogP contribution >= 0.6 is 11.6 Å². The standard InChI is InChI=1S/C7H11ClO2/c1-5(7(9)10)3-4-6(2)8/h3,6H,4H2,1-2H3,(H,9,10). The van der Waals surface area contributed by atoms with Gasteiger partial charge >= 0.3 is 5.97 Å². The second-order valence-electron chi connectivity index (χ2n) is 2.21. The largest absolute Gasteiger partial charge is 0.478 e. The molecule has 0 aliphatic rings. The van der Waals surface area contributed by atoms with Crippen LogP contribution in [0.1, 0.15) is 20.3 Å². The lowest BCUT2D eigenvalue weighted by atomic mass is 10.2. The average Bonchev–Trinajstić information content (AvgIpc) is 1.82. The lowest BCUT2D eigenvalue weighted by Crippen LogP contribution is -1.97. The van der Waals surface area contributed by atoms with Crippen LogP contribution in [0, 0.1) is 0 Å². The van der Waals surface area contributed by atoms with E-state index in [1.165, 1.54) is 0 Å². The summed E-state index contributed by atoms with van der Waals surface area (Å²) < 4.78 is 0. The molecule has 0 aliphatic heterocycles. The first-order valence-electron chi connectivity index (χ1n) is 3.08. The maximum absolute atomic E-state index is 10.2. The molecule has 0 rings (SSSR count). The Kier molecular flexibility index (Phi) is 4.12. The van der Waals surface area contributed by atoms with E-state index in [2.05, 4.69) is 0 Å². The van der Waals surface area contributed by atoms with E-state index in [0.29, 0.717) is 12.0 Å². The molecule has 3 heteroatoms. The van der Waals surface area contributed by atoms with Gasteiger partial charge in [-0.15, -0.1) is 11.6 Å². The van der Waals surface area contributed by atoms with Crippen molar-refractivity contribution in [2.45, 2.75) is 25.6 Å². The van der Waals surface area contributed by atoms with E-state index in [9.17, 15) is 4.79 Å². The number of carbonyl (C=O) groups is 1. The fourth-order valence-electron chi connectivity index (χ4n) is 0.426. The molecular weight excluding hydrogens is 152 g/mol. The molecule has 0 aromatic heterocycles. The molecule has 0 aromatic rings. The minimum Gasteiger partial charge on any atom is -0.478 e. The van der Waals surface area contributed by atoms with Gasteiger partial charge in [0, 0.05) is 11.0 Å². The number of carboxylic acid groups (broad SMARTS) is 1. The number of aliphatic carboxylic acids is 1. The molecule has 0 heterocycles. The van der Waals surface area contributed by atoms with Crippen LogP contribution in [-0.2, 0) is 4.79 Å². The van der Waals surface area contributed by atoms with E-state index in [4.69, 9.17) is 16.7 Å². The van der Waals surface area contributed by atoms with Crippen molar-refractivity contribution in [3.63, 3.8) is 0 Å². The van der Waals surface area contributed by atoms with Crippen LogP contribution in [0.4, 0.5) is 0 Å². The number of halogens is 1. The summed E-state index contributed by atoms with van der Waals surface area (Å²) in [4.78, 5) is 10.2. The summed E-state index contributed by atoms with van der Waals surface area (Å²) in [5.41, 5.74) is 0.354. The Balaban J connectivity index is 3.81. The van der Waals surface area contributed by atoms with Crippen molar-refractivity contribution in [2.75, 3.05) is 0 Å². The highest BCUT2D eigenvalue weighted by atomic mass is 35.5. The third-order valence-corrected chi connectivity index (χ3v) is 1.26. The highest BCUT2D eigenvalue weighted by molar-refractivity contribution is 6.20. The lowest BCUT2D eigenvalue weighted by molar-refractivity contribution is -0.132. The molecule has 0 aromatic carbocycles. The van der Waals surface area contributed by atoms with Gasteiger partial charge in [-0.05, 0) is 20.3 Å². The Morgan fingerprint density at radius 3 is 2.60 bits per heavy atom. The highest BCUT2D eigenvalue weighted by Crippen LogP contribution is 2.03. The van der Waals surface area contributed by atoms with E-state index >= 15 is 0 Å². The second-order valence-corrected chi connectivity index (χ2v) is 2.95. The van der Waals surface area contributed by atoms with Crippen molar-refractivity contribution >= 4 is 17.6 Å². The first-order chi connectivity index (χ1) is 4.54. The van der Waals surface area contributed by atoms with Gasteiger partial charge in [0.1, 0.15) is 0 Å². The first kappa shape index (κ1) is 9.50. The molecule has 0 amide bonds. The number of rotatable bonds is 3. The smallest absolute Gasteiger partial charge is 0.330 e. The van der Waals surface area contributed by atoms with Gasteiger partial charge < -0.3 is 5.11 Å². The summed E-state index contributed by atoms with van der Waals surface area (Å²) in [6, 6.07) is 0. The normalized spacial score (nSPS) is 14.9. The molecule has 1 atom stereocenters. The number of hydrogen-bond donors (Lipinski definition) is 1. The minimum atomic E-state index is -0.877. The van der Waals surface area contributed by atoms with Crippen LogP contribution in [0.25, 0.3) is 0 Å². The lowest BCUT2D eigenvalue weighted by Gasteiger charge is -1.95. The summed E-state index contributed by atoms with van der Waals surface area (Å²) in [6.45, 7) is 3.38. The quantitative estimate of drug-likeness (QED) is 0.510. The predicted molar refractivity (Wildman–Crippen MR) is 41.3 cm³/mol. The molecule has 0 fully saturated rings. The van der Waals surface area contributed by atoms with Crippen LogP contribution in [0.3, 0.4) is 0 Å². The zero-order valence-electron chi connectivity index (χ0n) is 6.10. The predicted octanol–water partition coefficient (Wildman–Crippen LogP) is 2.03. The van der Waals surface area contributed by atoms with Crippen LogP contribution in [0.5, 0.6) is 0 Å². The molecule has 0 bridgehead atoms. The van der Waals surface area contributed by atoms with Crippen molar-refractivity contribution < 1.29 is 9.90 Å². The zero-order valence-corrected chi connectivity index (χ0v) is 6.85. The van der Waals surface area contributed by atoms with Crippen LogP contribution < -0.4 is 0 Å². The number of hydrogen-bond acceptors (Lipinski definition) is 1. The van der Waals surface area contributed by atoms with Gasteiger partial charge in [-0.3, -0.25) is 0 Å². The Morgan fingerprint density at radius 2 is 2.30 bits per heavy atom. The molecule has 0 saturated carbocycles. The molecule has 2 nitrogen and oxygen atoms in total. The van der Waals surface area contributed by atoms with Gasteiger partial charge in [0.2, 0.25) is 0 Å². The molecule has 0 aliphatic carbocycles. The number of carboxylic acids is 1. The SMILES string of the molecule is CC(=CCC(C)Cl)C(=O)O. The van der Waals surface area contributed by atoms with Crippen molar-refractivity contribution in [3.8, 4) is 0 Å². The second kappa shape index (κ2) is 4.34. The maximum atomic E-state index is 10.2. The molecule has 1 unspecified atom stereocenters. The molecule has 0 saturated heterocycles. The fraction of sp³-hybridized carbons (Fsp3) is 0.571. The molecule has 0 radical (unpaired) electrons. The first-order valence-corrected chi connectivity index (χ1v) is 3.51. The van der Waals surface area contributed by atoms with Gasteiger partial charge in [-0.1, -0.05) is 6.08 Å². The third-order valence-electron chi connectivity index (χ3n) is 1.09. The van der Waals surface area contributed by atoms with Gasteiger partial charge in [0.25, 0.3) is 0 Å². The van der Waals surface area contributed by atoms with Crippen LogP contribution in [-0.4, -0.2) is 16.5 Å². The third kappa shape index (κ3) is 4.39. The summed E-state index contributed by atoms with van der Waals surface area (Å²) in [5.74, 6) is -0.877. The molecule has 0 spiro atoms. The topological polar surface area (TPSA) is 37.3 Å². The maximum Gasteiger partial charge on any atom is 0.330 e. The molecule has 10 heavy (non-hydrogen) atoms. The zero-order chi connectivity index (χ0) is 8.15. The molecule has 58 valence electrons. The average molecular weight is 163 g/mol. The fourth-order valence-corrected chi connectivity index (χ4v) is 0.516. The van der Waals surface area contributed by atoms with Crippen LogP contribution in [0.2, 0.25) is 0 Å². The molecular formula is C7H11ClO2. The van der Waals surface area contributed by atoms with E-state index < -0.39 is 5.97 Å². The number of alkyl halides is 1. The van der Waals surface area contributed by atoms with Crippen molar-refractivity contribution in [2.24, 2.45) is 0 Å². The Labute approximate surface area is 65.5 Å². The van der Waals surface area contributed by atoms with Crippen molar-refractivity contribution in [3.05, 3.63) is 11.6 Å². The summed E-state index contributed by atoms with van der Waals surface area (Å²) in [7, 11) is 0. The summed E-state index contributed by atoms with van der Waals surface area (Å²) >= 11 is 5.59. The van der Waals surface area contributed by atoms with Gasteiger partial charge in [-0.25, -0.2) is 4.79 Å². The van der Waals surface area contributed by atoms with Crippen molar-refractivity contribution in [1.29, 1.82) is 0 Å². The highest BCUT2D eigenvalue weighted by Gasteiger charge is 1.99. The Bertz CT molecular complexity index is 150. The van der Waals surface area contributed by atoms with Gasteiger partial charge in [-0.2, -0.15) is 0 Å². The van der Waals surface area contributed by atoms with Gasteiger partial charge in [0.15, 0.2) is 0 Å². The van der Waals surface area contributed by atoms with E-state index in [-0.39, 0.29) is 5.38 Å². The minimum absolute atomic E-state index is 0.00861. The van der Waals surface area contributed by atoms with Crippen LogP contribution in [0.15, 0.2) is 11.6 Å². The Hall–Kier alpha value is -0.500. The van der Waals surface area contributed by atoms with Crippen molar-refractivity contribution in [1.82, 2.24) is 0 Å². The van der Waals surface area contributed by atoms with E-state index in [0.717, 1.165) is 0 Å². The Morgan fingerprint density at radius 1 is 1.80 bits per heavy atom. The number of allylic oxidation sites excluding steroid dienone is 1.